The minimum atomic E-state index is -0.493. The largest absolute Gasteiger partial charge is 0.497 e. The molecule has 174 valence electrons. The fourth-order valence-corrected chi connectivity index (χ4v) is 3.85. The van der Waals surface area contributed by atoms with Gasteiger partial charge >= 0.3 is 5.97 Å². The summed E-state index contributed by atoms with van der Waals surface area (Å²) in [5.41, 5.74) is 2.41. The van der Waals surface area contributed by atoms with Gasteiger partial charge in [0.05, 0.1) is 32.8 Å². The fourth-order valence-electron chi connectivity index (χ4n) is 3.05. The first-order chi connectivity index (χ1) is 16.0. The van der Waals surface area contributed by atoms with Crippen molar-refractivity contribution in [1.29, 1.82) is 0 Å². The Morgan fingerprint density at radius 1 is 1.03 bits per heavy atom. The van der Waals surface area contributed by atoms with Crippen molar-refractivity contribution in [2.75, 3.05) is 33.6 Å². The van der Waals surface area contributed by atoms with Crippen molar-refractivity contribution in [1.82, 2.24) is 9.88 Å². The summed E-state index contributed by atoms with van der Waals surface area (Å²) in [5, 5.41) is 0. The first-order valence-electron chi connectivity index (χ1n) is 10.2. The molecule has 2 aromatic carbocycles. The Hall–Kier alpha value is -3.46. The number of thioether (sulfide) groups is 1. The number of ether oxygens (including phenoxy) is 3. The van der Waals surface area contributed by atoms with Crippen molar-refractivity contribution in [3.63, 3.8) is 0 Å². The van der Waals surface area contributed by atoms with E-state index in [1.165, 1.54) is 23.8 Å². The van der Waals surface area contributed by atoms with E-state index in [1.54, 1.807) is 38.7 Å². The second kappa shape index (κ2) is 12.0. The Labute approximate surface area is 196 Å². The molecule has 0 unspecified atom stereocenters. The normalized spacial score (nSPS) is 10.5. The third kappa shape index (κ3) is 7.01. The van der Waals surface area contributed by atoms with Crippen LogP contribution in [-0.4, -0.2) is 55.4 Å². The molecule has 0 fully saturated rings. The van der Waals surface area contributed by atoms with Gasteiger partial charge in [-0.15, -0.1) is 11.8 Å². The van der Waals surface area contributed by atoms with Gasteiger partial charge in [-0.3, -0.25) is 9.59 Å². The number of hydrogen-bond donors (Lipinski definition) is 0. The number of esters is 1. The van der Waals surface area contributed by atoms with Gasteiger partial charge in [-0.2, -0.15) is 0 Å². The zero-order valence-electron chi connectivity index (χ0n) is 18.8. The number of nitrogens with zero attached hydrogens (tertiary/aromatic N) is 2. The smallest absolute Gasteiger partial charge is 0.325 e. The van der Waals surface area contributed by atoms with E-state index in [0.29, 0.717) is 23.1 Å². The lowest BCUT2D eigenvalue weighted by Crippen LogP contribution is -2.37. The molecule has 0 aliphatic rings. The number of amides is 1. The van der Waals surface area contributed by atoms with Crippen LogP contribution in [0.25, 0.3) is 11.5 Å². The Morgan fingerprint density at radius 3 is 2.36 bits per heavy atom. The first kappa shape index (κ1) is 24.2. The topological polar surface area (TPSA) is 91.1 Å². The van der Waals surface area contributed by atoms with Crippen molar-refractivity contribution < 1.29 is 28.2 Å². The monoisotopic (exact) mass is 470 g/mol. The molecule has 8 nitrogen and oxygen atoms in total. The molecule has 3 aromatic rings. The summed E-state index contributed by atoms with van der Waals surface area (Å²) in [6, 6.07) is 14.9. The zero-order valence-corrected chi connectivity index (χ0v) is 19.6. The van der Waals surface area contributed by atoms with Crippen LogP contribution in [0, 0.1) is 0 Å². The van der Waals surface area contributed by atoms with Crippen molar-refractivity contribution in [3.8, 4) is 23.0 Å². The van der Waals surface area contributed by atoms with Crippen molar-refractivity contribution in [2.24, 2.45) is 0 Å². The van der Waals surface area contributed by atoms with Crippen LogP contribution < -0.4 is 9.47 Å². The second-order valence-corrected chi connectivity index (χ2v) is 8.04. The van der Waals surface area contributed by atoms with Gasteiger partial charge in [0.25, 0.3) is 0 Å². The van der Waals surface area contributed by atoms with Crippen LogP contribution in [0.2, 0.25) is 0 Å². The summed E-state index contributed by atoms with van der Waals surface area (Å²) in [6.07, 6.45) is 1.59. The van der Waals surface area contributed by atoms with Crippen molar-refractivity contribution in [2.45, 2.75) is 12.3 Å². The molecular formula is C24H26N2O6S. The van der Waals surface area contributed by atoms with Gasteiger partial charge in [0, 0.05) is 23.9 Å². The number of aromatic nitrogens is 1. The molecule has 9 heteroatoms. The van der Waals surface area contributed by atoms with Crippen LogP contribution in [0.1, 0.15) is 11.3 Å². The van der Waals surface area contributed by atoms with Crippen LogP contribution >= 0.6 is 11.8 Å². The minimum absolute atomic E-state index is 0.155. The molecule has 0 spiro atoms. The van der Waals surface area contributed by atoms with Gasteiger partial charge in [0.2, 0.25) is 11.8 Å². The summed E-state index contributed by atoms with van der Waals surface area (Å²) in [4.78, 5) is 30.7. The highest BCUT2D eigenvalue weighted by atomic mass is 32.2. The number of benzene rings is 2. The lowest BCUT2D eigenvalue weighted by Gasteiger charge is -2.22. The van der Waals surface area contributed by atoms with E-state index in [-0.39, 0.29) is 24.7 Å². The van der Waals surface area contributed by atoms with Gasteiger partial charge in [0.1, 0.15) is 24.3 Å². The maximum atomic E-state index is 12.9. The van der Waals surface area contributed by atoms with Gasteiger partial charge in [-0.1, -0.05) is 18.2 Å². The predicted octanol–water partition coefficient (Wildman–Crippen LogP) is 3.79. The van der Waals surface area contributed by atoms with E-state index in [2.05, 4.69) is 4.98 Å². The van der Waals surface area contributed by atoms with Crippen LogP contribution in [0.15, 0.2) is 59.2 Å². The molecule has 0 saturated heterocycles. The summed E-state index contributed by atoms with van der Waals surface area (Å²) in [7, 11) is 4.41. The molecule has 0 saturated carbocycles. The molecule has 1 heterocycles. The molecular weight excluding hydrogens is 444 g/mol. The summed E-state index contributed by atoms with van der Waals surface area (Å²) in [6.45, 7) is 0.0572. The minimum Gasteiger partial charge on any atom is -0.497 e. The van der Waals surface area contributed by atoms with Crippen molar-refractivity contribution in [3.05, 3.63) is 66.1 Å². The van der Waals surface area contributed by atoms with E-state index in [9.17, 15) is 9.59 Å². The summed E-state index contributed by atoms with van der Waals surface area (Å²) >= 11 is 1.40. The van der Waals surface area contributed by atoms with Gasteiger partial charge in [-0.05, 0) is 29.8 Å². The molecule has 1 amide bonds. The second-order valence-electron chi connectivity index (χ2n) is 7.05. The molecule has 0 aliphatic carbocycles. The average molecular weight is 471 g/mol. The van der Waals surface area contributed by atoms with Crippen LogP contribution in [0.5, 0.6) is 11.5 Å². The van der Waals surface area contributed by atoms with Crippen LogP contribution in [0.3, 0.4) is 0 Å². The highest BCUT2D eigenvalue weighted by molar-refractivity contribution is 7.99. The summed E-state index contributed by atoms with van der Waals surface area (Å²) < 4.78 is 20.9. The van der Waals surface area contributed by atoms with Gasteiger partial charge in [0.15, 0.2) is 0 Å². The number of methoxy groups -OCH3 is 3. The maximum absolute atomic E-state index is 12.9. The van der Waals surface area contributed by atoms with Crippen LogP contribution in [0.4, 0.5) is 0 Å². The lowest BCUT2D eigenvalue weighted by atomic mass is 10.2. The fraction of sp³-hybridized carbons (Fsp3) is 0.292. The molecule has 1 aromatic heterocycles. The number of rotatable bonds is 11. The quantitative estimate of drug-likeness (QED) is 0.391. The number of carbonyl (C=O) groups is 2. The first-order valence-corrected chi connectivity index (χ1v) is 11.3. The highest BCUT2D eigenvalue weighted by Gasteiger charge is 2.19. The Kier molecular flexibility index (Phi) is 8.77. The number of hydrogen-bond acceptors (Lipinski definition) is 8. The van der Waals surface area contributed by atoms with Gasteiger partial charge < -0.3 is 23.5 Å². The maximum Gasteiger partial charge on any atom is 0.325 e. The van der Waals surface area contributed by atoms with E-state index in [4.69, 9.17) is 18.6 Å². The van der Waals surface area contributed by atoms with E-state index in [0.717, 1.165) is 16.8 Å². The highest BCUT2D eigenvalue weighted by Crippen LogP contribution is 2.24. The third-order valence-corrected chi connectivity index (χ3v) is 5.68. The molecule has 0 radical (unpaired) electrons. The zero-order chi connectivity index (χ0) is 23.6. The Morgan fingerprint density at radius 2 is 1.73 bits per heavy atom. The SMILES string of the molecule is COC(=O)CN(Cc1cc(OC)cc(OC)c1)C(=O)CSCc1coc(-c2ccccc2)n1. The van der Waals surface area contributed by atoms with E-state index in [1.807, 2.05) is 30.3 Å². The molecule has 0 N–H and O–H groups in total. The number of oxazole rings is 1. The Balaban J connectivity index is 1.62. The molecule has 0 bridgehead atoms. The Bertz CT molecular complexity index is 1050. The molecule has 0 atom stereocenters. The van der Waals surface area contributed by atoms with Crippen LogP contribution in [-0.2, 0) is 26.6 Å². The third-order valence-electron chi connectivity index (χ3n) is 4.73. The van der Waals surface area contributed by atoms with Gasteiger partial charge in [-0.25, -0.2) is 4.98 Å². The predicted molar refractivity (Wildman–Crippen MR) is 125 cm³/mol. The van der Waals surface area contributed by atoms with E-state index >= 15 is 0 Å². The average Bonchev–Trinajstić information content (AvgIpc) is 3.32. The van der Waals surface area contributed by atoms with E-state index < -0.39 is 5.97 Å². The standard InChI is InChI=1S/C24H26N2O6S/c1-29-20-9-17(10-21(11-20)30-2)12-26(13-23(28)31-3)22(27)16-33-15-19-14-32-24(25-19)18-7-5-4-6-8-18/h4-11,14H,12-13,15-16H2,1-3H3. The molecule has 3 rings (SSSR count). The molecule has 33 heavy (non-hydrogen) atoms. The lowest BCUT2D eigenvalue weighted by molar-refractivity contribution is -0.146. The number of carbonyl (C=O) groups excluding carboxylic acids is 2. The van der Waals surface area contributed by atoms with Crippen molar-refractivity contribution >= 4 is 23.6 Å². The summed E-state index contributed by atoms with van der Waals surface area (Å²) in [5.74, 6) is 1.73. The molecule has 0 aliphatic heterocycles.